The molecule has 8 heteroatoms. The molecule has 2 amide bonds. The Balaban J connectivity index is 2.58. The summed E-state index contributed by atoms with van der Waals surface area (Å²) in [5.41, 5.74) is -0.948. The number of hydrogen-bond acceptors (Lipinski definition) is 3. The number of para-hydroxylation sites is 1. The van der Waals surface area contributed by atoms with Crippen LogP contribution in [-0.2, 0) is 15.8 Å². The molecule has 0 fully saturated rings. The molecule has 0 aliphatic rings. The molecule has 1 N–H and O–H groups in total. The van der Waals surface area contributed by atoms with Crippen LogP contribution in [0.3, 0.4) is 0 Å². The SMILES string of the molecule is CCCNC(=O)CN(C)C(=O)COc1ccccc1C(F)(F)F. The number of nitrogens with one attached hydrogen (secondary N) is 1. The minimum Gasteiger partial charge on any atom is -0.483 e. The number of amides is 2. The van der Waals surface area contributed by atoms with Crippen molar-refractivity contribution in [2.45, 2.75) is 19.5 Å². The number of ether oxygens (including phenoxy) is 1. The molecule has 23 heavy (non-hydrogen) atoms. The van der Waals surface area contributed by atoms with Crippen LogP contribution < -0.4 is 10.1 Å². The van der Waals surface area contributed by atoms with Gasteiger partial charge in [-0.2, -0.15) is 13.2 Å². The van der Waals surface area contributed by atoms with Crippen molar-refractivity contribution in [2.75, 3.05) is 26.7 Å². The third-order valence-corrected chi connectivity index (χ3v) is 2.92. The lowest BCUT2D eigenvalue weighted by atomic mass is 10.2. The van der Waals surface area contributed by atoms with Crippen molar-refractivity contribution in [3.63, 3.8) is 0 Å². The number of nitrogens with zero attached hydrogens (tertiary/aromatic N) is 1. The van der Waals surface area contributed by atoms with Gasteiger partial charge in [0.25, 0.3) is 5.91 Å². The van der Waals surface area contributed by atoms with Crippen LogP contribution in [0.4, 0.5) is 13.2 Å². The second-order valence-electron chi connectivity index (χ2n) is 4.88. The Labute approximate surface area is 132 Å². The van der Waals surface area contributed by atoms with E-state index in [1.54, 1.807) is 0 Å². The van der Waals surface area contributed by atoms with E-state index in [0.29, 0.717) is 6.54 Å². The van der Waals surface area contributed by atoms with Gasteiger partial charge in [-0.3, -0.25) is 9.59 Å². The Morgan fingerprint density at radius 1 is 1.26 bits per heavy atom. The number of rotatable bonds is 7. The lowest BCUT2D eigenvalue weighted by molar-refractivity contribution is -0.141. The van der Waals surface area contributed by atoms with Crippen LogP contribution in [0.2, 0.25) is 0 Å². The zero-order chi connectivity index (χ0) is 17.5. The lowest BCUT2D eigenvalue weighted by Crippen LogP contribution is -2.40. The van der Waals surface area contributed by atoms with Gasteiger partial charge in [0.1, 0.15) is 5.75 Å². The second kappa shape index (κ2) is 8.40. The van der Waals surface area contributed by atoms with Gasteiger partial charge in [-0.05, 0) is 18.6 Å². The van der Waals surface area contributed by atoms with Gasteiger partial charge in [0.2, 0.25) is 5.91 Å². The molecular weight excluding hydrogens is 313 g/mol. The number of benzene rings is 1. The Morgan fingerprint density at radius 2 is 1.91 bits per heavy atom. The smallest absolute Gasteiger partial charge is 0.419 e. The third-order valence-electron chi connectivity index (χ3n) is 2.92. The Bertz CT molecular complexity index is 547. The predicted octanol–water partition coefficient (Wildman–Crippen LogP) is 2.07. The highest BCUT2D eigenvalue weighted by Gasteiger charge is 2.34. The fraction of sp³-hybridized carbons (Fsp3) is 0.467. The number of carbonyl (C=O) groups is 2. The maximum Gasteiger partial charge on any atom is 0.419 e. The van der Waals surface area contributed by atoms with Crippen LogP contribution in [0.25, 0.3) is 0 Å². The molecule has 0 spiro atoms. The topological polar surface area (TPSA) is 58.6 Å². The molecule has 0 aliphatic heterocycles. The highest BCUT2D eigenvalue weighted by molar-refractivity contribution is 5.85. The van der Waals surface area contributed by atoms with Crippen LogP contribution in [0.1, 0.15) is 18.9 Å². The highest BCUT2D eigenvalue weighted by atomic mass is 19.4. The number of alkyl halides is 3. The first-order chi connectivity index (χ1) is 10.8. The van der Waals surface area contributed by atoms with Gasteiger partial charge in [0, 0.05) is 13.6 Å². The number of carbonyl (C=O) groups excluding carboxylic acids is 2. The molecule has 0 saturated carbocycles. The summed E-state index contributed by atoms with van der Waals surface area (Å²) < 4.78 is 43.3. The van der Waals surface area contributed by atoms with Crippen LogP contribution in [0.5, 0.6) is 5.75 Å². The van der Waals surface area contributed by atoms with Crippen molar-refractivity contribution in [1.29, 1.82) is 0 Å². The van der Waals surface area contributed by atoms with Gasteiger partial charge >= 0.3 is 6.18 Å². The lowest BCUT2D eigenvalue weighted by Gasteiger charge is -2.18. The van der Waals surface area contributed by atoms with E-state index in [1.165, 1.54) is 19.2 Å². The molecule has 0 aliphatic carbocycles. The average molecular weight is 332 g/mol. The van der Waals surface area contributed by atoms with E-state index in [9.17, 15) is 22.8 Å². The molecule has 1 aromatic carbocycles. The Hall–Kier alpha value is -2.25. The van der Waals surface area contributed by atoms with Crippen molar-refractivity contribution in [2.24, 2.45) is 0 Å². The molecule has 128 valence electrons. The summed E-state index contributed by atoms with van der Waals surface area (Å²) in [4.78, 5) is 24.4. The van der Waals surface area contributed by atoms with E-state index in [0.717, 1.165) is 23.5 Å². The molecular formula is C15H19F3N2O3. The Morgan fingerprint density at radius 3 is 2.52 bits per heavy atom. The Kier molecular flexibility index (Phi) is 6.87. The first-order valence-electron chi connectivity index (χ1n) is 7.05. The largest absolute Gasteiger partial charge is 0.483 e. The minimum absolute atomic E-state index is 0.177. The summed E-state index contributed by atoms with van der Waals surface area (Å²) in [7, 11) is 1.38. The van der Waals surface area contributed by atoms with Gasteiger partial charge in [0.15, 0.2) is 6.61 Å². The van der Waals surface area contributed by atoms with Crippen molar-refractivity contribution in [3.05, 3.63) is 29.8 Å². The first-order valence-corrected chi connectivity index (χ1v) is 7.05. The highest BCUT2D eigenvalue weighted by Crippen LogP contribution is 2.35. The predicted molar refractivity (Wildman–Crippen MR) is 77.9 cm³/mol. The standard InChI is InChI=1S/C15H19F3N2O3/c1-3-8-19-13(21)9-20(2)14(22)10-23-12-7-5-4-6-11(12)15(16,17)18/h4-7H,3,8-10H2,1-2H3,(H,19,21). The molecule has 0 atom stereocenters. The van der Waals surface area contributed by atoms with Crippen molar-refractivity contribution in [1.82, 2.24) is 10.2 Å². The van der Waals surface area contributed by atoms with Gasteiger partial charge < -0.3 is 15.0 Å². The van der Waals surface area contributed by atoms with Gasteiger partial charge in [0.05, 0.1) is 12.1 Å². The molecule has 0 unspecified atom stereocenters. The van der Waals surface area contributed by atoms with Crippen LogP contribution in [0, 0.1) is 0 Å². The van der Waals surface area contributed by atoms with E-state index < -0.39 is 30.0 Å². The first kappa shape index (κ1) is 18.8. The van der Waals surface area contributed by atoms with Crippen molar-refractivity contribution < 1.29 is 27.5 Å². The van der Waals surface area contributed by atoms with E-state index in [2.05, 4.69) is 5.32 Å². The van der Waals surface area contributed by atoms with Crippen LogP contribution >= 0.6 is 0 Å². The zero-order valence-electron chi connectivity index (χ0n) is 12.9. The van der Waals surface area contributed by atoms with Crippen molar-refractivity contribution >= 4 is 11.8 Å². The van der Waals surface area contributed by atoms with Gasteiger partial charge in [-0.1, -0.05) is 19.1 Å². The zero-order valence-corrected chi connectivity index (χ0v) is 12.9. The molecule has 1 rings (SSSR count). The summed E-state index contributed by atoms with van der Waals surface area (Å²) in [6, 6.07) is 4.64. The monoisotopic (exact) mass is 332 g/mol. The van der Waals surface area contributed by atoms with Crippen LogP contribution in [0.15, 0.2) is 24.3 Å². The number of likely N-dealkylation sites (N-methyl/N-ethyl adjacent to an activating group) is 1. The number of halogens is 3. The molecule has 0 heterocycles. The van der Waals surface area contributed by atoms with E-state index in [1.807, 2.05) is 6.92 Å². The quantitative estimate of drug-likeness (QED) is 0.832. The average Bonchev–Trinajstić information content (AvgIpc) is 2.49. The van der Waals surface area contributed by atoms with Crippen LogP contribution in [-0.4, -0.2) is 43.5 Å². The van der Waals surface area contributed by atoms with Gasteiger partial charge in [-0.25, -0.2) is 0 Å². The second-order valence-corrected chi connectivity index (χ2v) is 4.88. The number of hydrogen-bond donors (Lipinski definition) is 1. The van der Waals surface area contributed by atoms with Crippen molar-refractivity contribution in [3.8, 4) is 5.75 Å². The third kappa shape index (κ3) is 6.17. The fourth-order valence-corrected chi connectivity index (χ4v) is 1.70. The summed E-state index contributed by atoms with van der Waals surface area (Å²) >= 11 is 0. The maximum absolute atomic E-state index is 12.8. The maximum atomic E-state index is 12.8. The van der Waals surface area contributed by atoms with E-state index >= 15 is 0 Å². The van der Waals surface area contributed by atoms with E-state index in [-0.39, 0.29) is 12.5 Å². The summed E-state index contributed by atoms with van der Waals surface area (Å²) in [6.07, 6.45) is -3.80. The summed E-state index contributed by atoms with van der Waals surface area (Å²) in [5, 5.41) is 2.60. The summed E-state index contributed by atoms with van der Waals surface area (Å²) in [5.74, 6) is -1.34. The molecule has 0 radical (unpaired) electrons. The molecule has 0 bridgehead atoms. The molecule has 1 aromatic rings. The molecule has 5 nitrogen and oxygen atoms in total. The summed E-state index contributed by atoms with van der Waals surface area (Å²) in [6.45, 7) is 1.63. The minimum atomic E-state index is -4.56. The molecule has 0 aromatic heterocycles. The fourth-order valence-electron chi connectivity index (χ4n) is 1.70. The van der Waals surface area contributed by atoms with E-state index in [4.69, 9.17) is 4.74 Å². The van der Waals surface area contributed by atoms with Gasteiger partial charge in [-0.15, -0.1) is 0 Å². The molecule has 0 saturated heterocycles. The normalized spacial score (nSPS) is 11.0.